The molecule has 0 saturated carbocycles. The predicted molar refractivity (Wildman–Crippen MR) is 91.5 cm³/mol. The van der Waals surface area contributed by atoms with Crippen molar-refractivity contribution in [2.45, 2.75) is 37.8 Å². The van der Waals surface area contributed by atoms with E-state index in [-0.39, 0.29) is 29.9 Å². The predicted octanol–water partition coefficient (Wildman–Crippen LogP) is 3.39. The minimum absolute atomic E-state index is 0.0598. The van der Waals surface area contributed by atoms with E-state index >= 15 is 0 Å². The van der Waals surface area contributed by atoms with Crippen LogP contribution in [0.3, 0.4) is 0 Å². The van der Waals surface area contributed by atoms with Gasteiger partial charge in [0.15, 0.2) is 0 Å². The Bertz CT molecular complexity index is 708. The smallest absolute Gasteiger partial charge is 0.356 e. The number of carbonyl (C=O) groups excluding carboxylic acids is 1. The van der Waals surface area contributed by atoms with E-state index < -0.39 is 26.7 Å². The third-order valence-corrected chi connectivity index (χ3v) is 5.90. The monoisotopic (exact) mass is 444 g/mol. The molecule has 0 heterocycles. The maximum atomic E-state index is 13.0. The molecular formula is C15H20BrF3N2O3S. The van der Waals surface area contributed by atoms with E-state index in [0.717, 1.165) is 16.4 Å². The fourth-order valence-corrected chi connectivity index (χ4v) is 4.18. The molecular weight excluding hydrogens is 425 g/mol. The van der Waals surface area contributed by atoms with E-state index in [1.807, 2.05) is 0 Å². The summed E-state index contributed by atoms with van der Waals surface area (Å²) in [5.41, 5.74) is -1.06. The number of hydrogen-bond donors (Lipinski definition) is 1. The van der Waals surface area contributed by atoms with Crippen LogP contribution in [-0.4, -0.2) is 38.3 Å². The Hall–Kier alpha value is -1.13. The molecule has 0 aliphatic heterocycles. The highest BCUT2D eigenvalue weighted by atomic mass is 79.9. The van der Waals surface area contributed by atoms with Gasteiger partial charge in [0.2, 0.25) is 15.9 Å². The van der Waals surface area contributed by atoms with Gasteiger partial charge < -0.3 is 5.32 Å². The second-order valence-electron chi connectivity index (χ2n) is 5.25. The Morgan fingerprint density at radius 1 is 1.24 bits per heavy atom. The molecule has 0 fully saturated rings. The molecule has 5 nitrogen and oxygen atoms in total. The Morgan fingerprint density at radius 3 is 2.40 bits per heavy atom. The van der Waals surface area contributed by atoms with Crippen LogP contribution in [0.25, 0.3) is 0 Å². The Kier molecular flexibility index (Phi) is 7.88. The molecule has 1 aromatic carbocycles. The van der Waals surface area contributed by atoms with E-state index in [1.165, 1.54) is 0 Å². The highest BCUT2D eigenvalue weighted by Crippen LogP contribution is 2.36. The Balaban J connectivity index is 3.15. The number of sulfonamides is 1. The minimum Gasteiger partial charge on any atom is -0.356 e. The molecule has 0 aliphatic carbocycles. The van der Waals surface area contributed by atoms with Crippen LogP contribution in [0.15, 0.2) is 27.6 Å². The number of nitrogens with one attached hydrogen (secondary N) is 1. The van der Waals surface area contributed by atoms with Gasteiger partial charge in [-0.05, 0) is 31.5 Å². The van der Waals surface area contributed by atoms with Crippen molar-refractivity contribution in [3.05, 3.63) is 28.2 Å². The standard InChI is InChI=1S/C15H20BrF3N2O3S/c1-3-8-21(9-7-14(22)20-4-2)25(23,24)11-5-6-13(16)12(10-11)15(17,18)19/h5-6,10H,3-4,7-9H2,1-2H3,(H,20,22). The number of rotatable bonds is 8. The second kappa shape index (κ2) is 9.00. The molecule has 0 atom stereocenters. The lowest BCUT2D eigenvalue weighted by atomic mass is 10.2. The van der Waals surface area contributed by atoms with Crippen molar-refractivity contribution < 1.29 is 26.4 Å². The van der Waals surface area contributed by atoms with Crippen LogP contribution in [-0.2, 0) is 21.0 Å². The summed E-state index contributed by atoms with van der Waals surface area (Å²) in [5.74, 6) is -0.314. The third kappa shape index (κ3) is 5.96. The van der Waals surface area contributed by atoms with Gasteiger partial charge in [-0.2, -0.15) is 17.5 Å². The molecule has 1 N–H and O–H groups in total. The molecule has 0 aromatic heterocycles. The first kappa shape index (κ1) is 21.9. The van der Waals surface area contributed by atoms with Crippen molar-refractivity contribution in [3.8, 4) is 0 Å². The maximum Gasteiger partial charge on any atom is 0.417 e. The van der Waals surface area contributed by atoms with Gasteiger partial charge in [0.25, 0.3) is 0 Å². The van der Waals surface area contributed by atoms with E-state index in [0.29, 0.717) is 19.0 Å². The van der Waals surface area contributed by atoms with Gasteiger partial charge in [0.05, 0.1) is 10.5 Å². The highest BCUT2D eigenvalue weighted by molar-refractivity contribution is 9.10. The molecule has 0 unspecified atom stereocenters. The topological polar surface area (TPSA) is 66.5 Å². The van der Waals surface area contributed by atoms with Crippen molar-refractivity contribution in [1.82, 2.24) is 9.62 Å². The lowest BCUT2D eigenvalue weighted by Gasteiger charge is -2.22. The Morgan fingerprint density at radius 2 is 1.88 bits per heavy atom. The number of halogens is 4. The molecule has 25 heavy (non-hydrogen) atoms. The molecule has 10 heteroatoms. The zero-order valence-electron chi connectivity index (χ0n) is 13.9. The fourth-order valence-electron chi connectivity index (χ4n) is 2.14. The van der Waals surface area contributed by atoms with Crippen molar-refractivity contribution in [3.63, 3.8) is 0 Å². The molecule has 1 amide bonds. The maximum absolute atomic E-state index is 13.0. The Labute approximate surface area is 153 Å². The molecule has 142 valence electrons. The van der Waals surface area contributed by atoms with Crippen molar-refractivity contribution in [1.29, 1.82) is 0 Å². The lowest BCUT2D eigenvalue weighted by molar-refractivity contribution is -0.138. The summed E-state index contributed by atoms with van der Waals surface area (Å²) in [4.78, 5) is 11.1. The molecule has 0 spiro atoms. The van der Waals surface area contributed by atoms with Crippen LogP contribution in [0, 0.1) is 0 Å². The largest absolute Gasteiger partial charge is 0.417 e. The summed E-state index contributed by atoms with van der Waals surface area (Å²) in [7, 11) is -4.14. The number of alkyl halides is 3. The van der Waals surface area contributed by atoms with Gasteiger partial charge in [-0.1, -0.05) is 22.9 Å². The molecule has 0 saturated heterocycles. The van der Waals surface area contributed by atoms with E-state index in [9.17, 15) is 26.4 Å². The zero-order chi connectivity index (χ0) is 19.3. The molecule has 0 bridgehead atoms. The van der Waals surface area contributed by atoms with Crippen LogP contribution in [0.2, 0.25) is 0 Å². The van der Waals surface area contributed by atoms with Crippen molar-refractivity contribution >= 4 is 31.9 Å². The van der Waals surface area contributed by atoms with E-state index in [2.05, 4.69) is 21.2 Å². The number of hydrogen-bond acceptors (Lipinski definition) is 3. The quantitative estimate of drug-likeness (QED) is 0.667. The first-order chi connectivity index (χ1) is 11.5. The number of amides is 1. The zero-order valence-corrected chi connectivity index (χ0v) is 16.3. The van der Waals surface area contributed by atoms with Gasteiger partial charge in [0, 0.05) is 30.5 Å². The summed E-state index contributed by atoms with van der Waals surface area (Å²) in [6, 6.07) is 2.78. The second-order valence-corrected chi connectivity index (χ2v) is 8.04. The van der Waals surface area contributed by atoms with Gasteiger partial charge in [-0.25, -0.2) is 8.42 Å². The van der Waals surface area contributed by atoms with Crippen LogP contribution < -0.4 is 5.32 Å². The summed E-state index contributed by atoms with van der Waals surface area (Å²) >= 11 is 2.79. The van der Waals surface area contributed by atoms with Crippen LogP contribution in [0.5, 0.6) is 0 Å². The average Bonchev–Trinajstić information content (AvgIpc) is 2.50. The molecule has 0 aliphatic rings. The number of benzene rings is 1. The van der Waals surface area contributed by atoms with Gasteiger partial charge in [-0.3, -0.25) is 4.79 Å². The first-order valence-corrected chi connectivity index (χ1v) is 9.90. The van der Waals surface area contributed by atoms with Crippen LogP contribution >= 0.6 is 15.9 Å². The normalized spacial score (nSPS) is 12.4. The minimum atomic E-state index is -4.68. The fraction of sp³-hybridized carbons (Fsp3) is 0.533. The molecule has 1 rings (SSSR count). The summed E-state index contributed by atoms with van der Waals surface area (Å²) in [5, 5.41) is 2.56. The molecule has 0 radical (unpaired) electrons. The highest BCUT2D eigenvalue weighted by Gasteiger charge is 2.35. The summed E-state index contributed by atoms with van der Waals surface area (Å²) < 4.78 is 65.2. The average molecular weight is 445 g/mol. The number of carbonyl (C=O) groups is 1. The van der Waals surface area contributed by atoms with Crippen LogP contribution in [0.1, 0.15) is 32.3 Å². The summed E-state index contributed by atoms with van der Waals surface area (Å²) in [6.07, 6.45) is -4.27. The first-order valence-electron chi connectivity index (χ1n) is 7.67. The van der Waals surface area contributed by atoms with Gasteiger partial charge in [0.1, 0.15) is 0 Å². The van der Waals surface area contributed by atoms with E-state index in [1.54, 1.807) is 13.8 Å². The van der Waals surface area contributed by atoms with Gasteiger partial charge in [-0.15, -0.1) is 0 Å². The van der Waals surface area contributed by atoms with E-state index in [4.69, 9.17) is 0 Å². The molecule has 1 aromatic rings. The van der Waals surface area contributed by atoms with Gasteiger partial charge >= 0.3 is 6.18 Å². The lowest BCUT2D eigenvalue weighted by Crippen LogP contribution is -2.36. The van der Waals surface area contributed by atoms with Crippen molar-refractivity contribution in [2.75, 3.05) is 19.6 Å². The SMILES string of the molecule is CCCN(CCC(=O)NCC)S(=O)(=O)c1ccc(Br)c(C(F)(F)F)c1. The van der Waals surface area contributed by atoms with Crippen LogP contribution in [0.4, 0.5) is 13.2 Å². The summed E-state index contributed by atoms with van der Waals surface area (Å²) in [6.45, 7) is 3.91. The number of nitrogens with zero attached hydrogens (tertiary/aromatic N) is 1. The van der Waals surface area contributed by atoms with Crippen molar-refractivity contribution in [2.24, 2.45) is 0 Å². The third-order valence-electron chi connectivity index (χ3n) is 3.32.